The van der Waals surface area contributed by atoms with Gasteiger partial charge in [0.15, 0.2) is 5.82 Å². The first-order valence-corrected chi connectivity index (χ1v) is 14.2. The highest BCUT2D eigenvalue weighted by atomic mass is 19.3. The number of nitrogens with one attached hydrogen (secondary N) is 1. The van der Waals surface area contributed by atoms with Crippen molar-refractivity contribution in [2.24, 2.45) is 7.05 Å². The molecule has 40 heavy (non-hydrogen) atoms. The molecule has 6 rings (SSSR count). The number of hydrogen-bond acceptors (Lipinski definition) is 5. The Morgan fingerprint density at radius 3 is 2.62 bits per heavy atom. The van der Waals surface area contributed by atoms with Crippen LogP contribution < -0.4 is 10.2 Å². The molecule has 4 heterocycles. The van der Waals surface area contributed by atoms with Gasteiger partial charge in [-0.25, -0.2) is 13.6 Å². The van der Waals surface area contributed by atoms with Crippen LogP contribution in [0.4, 0.5) is 25.1 Å². The van der Waals surface area contributed by atoms with Crippen molar-refractivity contribution in [2.45, 2.75) is 70.1 Å². The third-order valence-corrected chi connectivity index (χ3v) is 8.76. The summed E-state index contributed by atoms with van der Waals surface area (Å²) in [4.78, 5) is 16.5. The van der Waals surface area contributed by atoms with Crippen molar-refractivity contribution in [3.8, 4) is 11.1 Å². The van der Waals surface area contributed by atoms with E-state index in [1.54, 1.807) is 49.2 Å². The summed E-state index contributed by atoms with van der Waals surface area (Å²) in [5.41, 5.74) is 5.19. The number of hydrogen-bond donors (Lipinski definition) is 1. The van der Waals surface area contributed by atoms with E-state index in [9.17, 15) is 13.6 Å². The van der Waals surface area contributed by atoms with Gasteiger partial charge < -0.3 is 19.9 Å². The highest BCUT2D eigenvalue weighted by molar-refractivity contribution is 5.78. The molecule has 0 unspecified atom stereocenters. The van der Waals surface area contributed by atoms with Gasteiger partial charge in [-0.15, -0.1) is 0 Å². The molecule has 2 aliphatic heterocycles. The number of rotatable bonds is 5. The van der Waals surface area contributed by atoms with Gasteiger partial charge in [-0.2, -0.15) is 10.2 Å². The number of urea groups is 1. The van der Waals surface area contributed by atoms with Crippen LogP contribution >= 0.6 is 0 Å². The number of fused-ring (bicyclic) bond motifs is 2. The summed E-state index contributed by atoms with van der Waals surface area (Å²) < 4.78 is 38.3. The normalized spacial score (nSPS) is 20.9. The van der Waals surface area contributed by atoms with Gasteiger partial charge in [-0.3, -0.25) is 9.36 Å². The Morgan fingerprint density at radius 1 is 1.15 bits per heavy atom. The molecule has 1 N–H and O–H groups in total. The first-order chi connectivity index (χ1) is 19.4. The standard InChI is InChI=1S/C29H37F2N7O2/c1-32-29(39)36-12-10-25-24(17-36)28(34-38(25)20-6-8-21(40-3)9-7-20)37-11-4-5-18-13-22(19-15-33-35(2)16-19)23(27(30)31)14-26(18)37/h13-16,20-21,27H,4-12,17H2,1-3H3,(H,32,39). The molecule has 1 aromatic carbocycles. The maximum atomic E-state index is 14.5. The summed E-state index contributed by atoms with van der Waals surface area (Å²) in [6.45, 7) is 1.74. The molecule has 0 atom stereocenters. The first-order valence-electron chi connectivity index (χ1n) is 14.2. The molecule has 2 aromatic heterocycles. The van der Waals surface area contributed by atoms with Crippen molar-refractivity contribution in [1.82, 2.24) is 29.8 Å². The van der Waals surface area contributed by atoms with Crippen LogP contribution in [0.15, 0.2) is 24.5 Å². The Morgan fingerprint density at radius 2 is 1.95 bits per heavy atom. The fourth-order valence-corrected chi connectivity index (χ4v) is 6.66. The lowest BCUT2D eigenvalue weighted by Crippen LogP contribution is -2.42. The molecule has 3 aliphatic rings. The summed E-state index contributed by atoms with van der Waals surface area (Å²) in [5, 5.41) is 12.2. The minimum absolute atomic E-state index is 0.00294. The lowest BCUT2D eigenvalue weighted by atomic mass is 9.92. The number of ether oxygens (including phenoxy) is 1. The minimum atomic E-state index is -2.63. The molecular formula is C29H37F2N7O2. The van der Waals surface area contributed by atoms with E-state index in [4.69, 9.17) is 9.84 Å². The van der Waals surface area contributed by atoms with E-state index in [1.165, 1.54) is 0 Å². The van der Waals surface area contributed by atoms with E-state index < -0.39 is 6.43 Å². The van der Waals surface area contributed by atoms with Gasteiger partial charge in [0.05, 0.1) is 24.9 Å². The molecule has 1 saturated carbocycles. The van der Waals surface area contributed by atoms with Gasteiger partial charge in [-0.05, 0) is 61.8 Å². The zero-order valence-electron chi connectivity index (χ0n) is 23.4. The predicted octanol–water partition coefficient (Wildman–Crippen LogP) is 5.13. The number of methoxy groups -OCH3 is 1. The number of aromatic nitrogens is 4. The number of carbonyl (C=O) groups is 1. The summed E-state index contributed by atoms with van der Waals surface area (Å²) >= 11 is 0. The Labute approximate surface area is 233 Å². The minimum Gasteiger partial charge on any atom is -0.381 e. The van der Waals surface area contributed by atoms with Crippen LogP contribution in [0, 0.1) is 0 Å². The molecule has 3 aromatic rings. The average Bonchev–Trinajstić information content (AvgIpc) is 3.59. The maximum absolute atomic E-state index is 14.5. The largest absolute Gasteiger partial charge is 0.381 e. The fourth-order valence-electron chi connectivity index (χ4n) is 6.66. The van der Waals surface area contributed by atoms with Gasteiger partial charge in [0.1, 0.15) is 0 Å². The number of nitrogens with zero attached hydrogens (tertiary/aromatic N) is 6. The first kappa shape index (κ1) is 26.7. The van der Waals surface area contributed by atoms with Gasteiger partial charge in [-0.1, -0.05) is 0 Å². The van der Waals surface area contributed by atoms with Gasteiger partial charge >= 0.3 is 6.03 Å². The summed E-state index contributed by atoms with van der Waals surface area (Å²) in [6.07, 6.45) is 7.38. The monoisotopic (exact) mass is 553 g/mol. The molecule has 214 valence electrons. The van der Waals surface area contributed by atoms with E-state index in [2.05, 4.69) is 20.0 Å². The number of alkyl halides is 2. The van der Waals surface area contributed by atoms with Crippen molar-refractivity contribution < 1.29 is 18.3 Å². The number of amides is 2. The van der Waals surface area contributed by atoms with E-state index in [1.807, 2.05) is 6.07 Å². The van der Waals surface area contributed by atoms with Gasteiger partial charge in [0.2, 0.25) is 0 Å². The van der Waals surface area contributed by atoms with E-state index in [0.29, 0.717) is 37.2 Å². The molecule has 0 bridgehead atoms. The van der Waals surface area contributed by atoms with E-state index in [-0.39, 0.29) is 23.7 Å². The lowest BCUT2D eigenvalue weighted by Gasteiger charge is -2.33. The van der Waals surface area contributed by atoms with Crippen LogP contribution in [0.5, 0.6) is 0 Å². The second-order valence-corrected chi connectivity index (χ2v) is 11.1. The van der Waals surface area contributed by atoms with Crippen molar-refractivity contribution in [1.29, 1.82) is 0 Å². The Kier molecular flexibility index (Phi) is 7.24. The van der Waals surface area contributed by atoms with Crippen LogP contribution in [0.2, 0.25) is 0 Å². The molecule has 9 nitrogen and oxygen atoms in total. The molecule has 0 radical (unpaired) electrons. The van der Waals surface area contributed by atoms with Crippen LogP contribution in [0.25, 0.3) is 11.1 Å². The molecule has 0 spiro atoms. The number of halogens is 2. The Hall–Kier alpha value is -3.47. The molecular weight excluding hydrogens is 516 g/mol. The molecule has 0 saturated heterocycles. The van der Waals surface area contributed by atoms with Crippen molar-refractivity contribution in [3.05, 3.63) is 46.9 Å². The third-order valence-electron chi connectivity index (χ3n) is 8.76. The smallest absolute Gasteiger partial charge is 0.317 e. The SMILES string of the molecule is CNC(=O)N1CCc2c(c(N3CCCc4cc(-c5cnn(C)c5)c(C(F)F)cc43)nn2C2CCC(OC)CC2)C1. The fraction of sp³-hybridized carbons (Fsp3) is 0.552. The average molecular weight is 554 g/mol. The summed E-state index contributed by atoms with van der Waals surface area (Å²) in [6, 6.07) is 3.70. The topological polar surface area (TPSA) is 80.5 Å². The molecule has 1 fully saturated rings. The third kappa shape index (κ3) is 4.74. The second-order valence-electron chi connectivity index (χ2n) is 11.1. The zero-order chi connectivity index (χ0) is 28.0. The number of carbonyl (C=O) groups excluding carboxylic acids is 1. The van der Waals surface area contributed by atoms with Crippen molar-refractivity contribution in [3.63, 3.8) is 0 Å². The number of anilines is 2. The number of benzene rings is 1. The van der Waals surface area contributed by atoms with Crippen LogP contribution in [-0.4, -0.2) is 63.8 Å². The maximum Gasteiger partial charge on any atom is 0.317 e. The van der Waals surface area contributed by atoms with Crippen LogP contribution in [0.3, 0.4) is 0 Å². The lowest BCUT2D eigenvalue weighted by molar-refractivity contribution is 0.0563. The summed E-state index contributed by atoms with van der Waals surface area (Å²) in [5.74, 6) is 0.785. The highest BCUT2D eigenvalue weighted by Crippen LogP contribution is 2.44. The van der Waals surface area contributed by atoms with Crippen LogP contribution in [0.1, 0.15) is 67.0 Å². The van der Waals surface area contributed by atoms with Crippen molar-refractivity contribution >= 4 is 17.5 Å². The van der Waals surface area contributed by atoms with E-state index in [0.717, 1.165) is 66.9 Å². The Bertz CT molecular complexity index is 1390. The second kappa shape index (κ2) is 10.8. The zero-order valence-corrected chi connectivity index (χ0v) is 23.4. The van der Waals surface area contributed by atoms with Crippen molar-refractivity contribution in [2.75, 3.05) is 32.1 Å². The van der Waals surface area contributed by atoms with Gasteiger partial charge in [0, 0.05) is 75.0 Å². The quantitative estimate of drug-likeness (QED) is 0.474. The van der Waals surface area contributed by atoms with Gasteiger partial charge in [0.25, 0.3) is 6.43 Å². The molecule has 1 aliphatic carbocycles. The molecule has 2 amide bonds. The molecule has 11 heteroatoms. The predicted molar refractivity (Wildman–Crippen MR) is 148 cm³/mol. The highest BCUT2D eigenvalue weighted by Gasteiger charge is 2.35. The van der Waals surface area contributed by atoms with Crippen LogP contribution in [-0.2, 0) is 31.2 Å². The number of aryl methyl sites for hydroxylation is 2. The Balaban J connectivity index is 1.44. The van der Waals surface area contributed by atoms with E-state index >= 15 is 0 Å². The summed E-state index contributed by atoms with van der Waals surface area (Å²) in [7, 11) is 5.20.